The molecule has 1 heterocycles. The van der Waals surface area contributed by atoms with E-state index in [4.69, 9.17) is 10.3 Å². The molecule has 0 unspecified atom stereocenters. The molecule has 0 saturated carbocycles. The molecule has 0 aliphatic heterocycles. The van der Waals surface area contributed by atoms with Crippen molar-refractivity contribution in [2.24, 2.45) is 5.73 Å². The number of aromatic nitrogens is 2. The summed E-state index contributed by atoms with van der Waals surface area (Å²) in [5.74, 6) is 1.19. The van der Waals surface area contributed by atoms with E-state index in [1.807, 2.05) is 13.8 Å². The summed E-state index contributed by atoms with van der Waals surface area (Å²) in [7, 11) is 0. The fourth-order valence-electron chi connectivity index (χ4n) is 0.968. The second kappa shape index (κ2) is 5.45. The summed E-state index contributed by atoms with van der Waals surface area (Å²) in [4.78, 5) is 15.2. The predicted octanol–water partition coefficient (Wildman–Crippen LogP) is 0.158. The second-order valence-electron chi connectivity index (χ2n) is 3.52. The molecule has 0 atom stereocenters. The van der Waals surface area contributed by atoms with E-state index in [0.29, 0.717) is 24.7 Å². The molecule has 1 aromatic heterocycles. The first-order valence-corrected chi connectivity index (χ1v) is 4.92. The van der Waals surface area contributed by atoms with Crippen LogP contribution in [-0.4, -0.2) is 22.6 Å². The van der Waals surface area contributed by atoms with Gasteiger partial charge in [-0.3, -0.25) is 4.79 Å². The summed E-state index contributed by atoms with van der Waals surface area (Å²) < 4.78 is 4.95. The lowest BCUT2D eigenvalue weighted by Crippen LogP contribution is -2.25. The summed E-state index contributed by atoms with van der Waals surface area (Å²) in [6.07, 6.45) is 0.311. The average molecular weight is 212 g/mol. The van der Waals surface area contributed by atoms with Crippen LogP contribution in [0.1, 0.15) is 37.9 Å². The van der Waals surface area contributed by atoms with Gasteiger partial charge in [0.15, 0.2) is 5.82 Å². The van der Waals surface area contributed by atoms with Gasteiger partial charge >= 0.3 is 0 Å². The summed E-state index contributed by atoms with van der Waals surface area (Å²) >= 11 is 0. The highest BCUT2D eigenvalue weighted by molar-refractivity contribution is 5.75. The zero-order valence-corrected chi connectivity index (χ0v) is 8.99. The van der Waals surface area contributed by atoms with Gasteiger partial charge in [0.05, 0.1) is 6.54 Å². The summed E-state index contributed by atoms with van der Waals surface area (Å²) in [6, 6.07) is 0. The third-order valence-corrected chi connectivity index (χ3v) is 1.81. The van der Waals surface area contributed by atoms with E-state index in [1.165, 1.54) is 0 Å². The number of amides is 1. The molecule has 0 aliphatic carbocycles. The summed E-state index contributed by atoms with van der Waals surface area (Å²) in [5, 5.41) is 6.41. The van der Waals surface area contributed by atoms with Crippen molar-refractivity contribution in [2.75, 3.05) is 6.54 Å². The molecule has 84 valence electrons. The smallest absolute Gasteiger partial charge is 0.246 e. The first-order chi connectivity index (χ1) is 7.13. The highest BCUT2D eigenvalue weighted by Crippen LogP contribution is 2.09. The molecule has 6 nitrogen and oxygen atoms in total. The van der Waals surface area contributed by atoms with Crippen LogP contribution in [0.2, 0.25) is 0 Å². The van der Waals surface area contributed by atoms with Gasteiger partial charge in [-0.25, -0.2) is 0 Å². The minimum Gasteiger partial charge on any atom is -0.347 e. The average Bonchev–Trinajstić information content (AvgIpc) is 2.63. The lowest BCUT2D eigenvalue weighted by Gasteiger charge is -1.99. The molecular formula is C9H16N4O2. The molecule has 1 aromatic rings. The normalized spacial score (nSPS) is 10.7. The molecule has 6 heteroatoms. The Bertz CT molecular complexity index is 322. The molecule has 0 radical (unpaired) electrons. The second-order valence-corrected chi connectivity index (χ2v) is 3.52. The molecule has 1 rings (SSSR count). The van der Waals surface area contributed by atoms with Gasteiger partial charge in [-0.1, -0.05) is 19.0 Å². The van der Waals surface area contributed by atoms with Crippen LogP contribution in [0.5, 0.6) is 0 Å². The first-order valence-electron chi connectivity index (χ1n) is 4.92. The predicted molar refractivity (Wildman–Crippen MR) is 53.9 cm³/mol. The maximum Gasteiger partial charge on any atom is 0.246 e. The number of nitrogens with two attached hydrogens (primary N) is 1. The van der Waals surface area contributed by atoms with Gasteiger partial charge in [-0.15, -0.1) is 0 Å². The third kappa shape index (κ3) is 3.67. The molecule has 1 amide bonds. The van der Waals surface area contributed by atoms with Crippen molar-refractivity contribution < 1.29 is 9.32 Å². The minimum absolute atomic E-state index is 0.109. The Kier molecular flexibility index (Phi) is 4.23. The van der Waals surface area contributed by atoms with Crippen LogP contribution < -0.4 is 11.1 Å². The van der Waals surface area contributed by atoms with Crippen LogP contribution >= 0.6 is 0 Å². The number of nitrogens with one attached hydrogen (secondary N) is 1. The van der Waals surface area contributed by atoms with Crippen molar-refractivity contribution >= 4 is 5.91 Å². The van der Waals surface area contributed by atoms with Gasteiger partial charge in [0.2, 0.25) is 11.8 Å². The monoisotopic (exact) mass is 212 g/mol. The van der Waals surface area contributed by atoms with Crippen molar-refractivity contribution in [3.05, 3.63) is 11.7 Å². The summed E-state index contributed by atoms with van der Waals surface area (Å²) in [6.45, 7) is 4.55. The van der Waals surface area contributed by atoms with Gasteiger partial charge in [0.1, 0.15) is 0 Å². The van der Waals surface area contributed by atoms with E-state index in [-0.39, 0.29) is 18.4 Å². The maximum atomic E-state index is 11.1. The number of hydrogen-bond donors (Lipinski definition) is 2. The van der Waals surface area contributed by atoms with E-state index in [0.717, 1.165) is 0 Å². The van der Waals surface area contributed by atoms with Gasteiger partial charge in [0.25, 0.3) is 0 Å². The van der Waals surface area contributed by atoms with Gasteiger partial charge < -0.3 is 15.6 Å². The van der Waals surface area contributed by atoms with Gasteiger partial charge in [-0.2, -0.15) is 4.98 Å². The molecule has 0 fully saturated rings. The Labute approximate surface area is 88.2 Å². The Balaban J connectivity index is 2.41. The number of nitrogens with zero attached hydrogens (tertiary/aromatic N) is 2. The van der Waals surface area contributed by atoms with Crippen LogP contribution in [0.4, 0.5) is 0 Å². The number of hydrogen-bond acceptors (Lipinski definition) is 5. The molecule has 0 aromatic carbocycles. The fourth-order valence-corrected chi connectivity index (χ4v) is 0.968. The Morgan fingerprint density at radius 1 is 1.60 bits per heavy atom. The lowest BCUT2D eigenvalue weighted by atomic mass is 10.2. The van der Waals surface area contributed by atoms with Crippen LogP contribution in [0.3, 0.4) is 0 Å². The Morgan fingerprint density at radius 2 is 2.33 bits per heavy atom. The number of rotatable bonds is 5. The lowest BCUT2D eigenvalue weighted by molar-refractivity contribution is -0.121. The molecule has 3 N–H and O–H groups in total. The number of carbonyl (C=O) groups is 1. The van der Waals surface area contributed by atoms with Crippen molar-refractivity contribution in [3.63, 3.8) is 0 Å². The molecule has 15 heavy (non-hydrogen) atoms. The largest absolute Gasteiger partial charge is 0.347 e. The third-order valence-electron chi connectivity index (χ3n) is 1.81. The Hall–Kier alpha value is -1.43. The topological polar surface area (TPSA) is 94.0 Å². The van der Waals surface area contributed by atoms with E-state index < -0.39 is 0 Å². The van der Waals surface area contributed by atoms with Gasteiger partial charge in [-0.05, 0) is 0 Å². The Morgan fingerprint density at radius 3 is 2.87 bits per heavy atom. The van der Waals surface area contributed by atoms with Crippen molar-refractivity contribution in [3.8, 4) is 0 Å². The van der Waals surface area contributed by atoms with Crippen LogP contribution in [0.15, 0.2) is 4.52 Å². The van der Waals surface area contributed by atoms with Crippen LogP contribution in [-0.2, 0) is 11.3 Å². The van der Waals surface area contributed by atoms with E-state index in [1.54, 1.807) is 0 Å². The highest BCUT2D eigenvalue weighted by atomic mass is 16.5. The maximum absolute atomic E-state index is 11.1. The first kappa shape index (κ1) is 11.6. The van der Waals surface area contributed by atoms with E-state index in [9.17, 15) is 4.79 Å². The highest BCUT2D eigenvalue weighted by Gasteiger charge is 2.09. The van der Waals surface area contributed by atoms with Crippen molar-refractivity contribution in [1.82, 2.24) is 15.5 Å². The zero-order valence-electron chi connectivity index (χ0n) is 8.99. The molecule has 0 spiro atoms. The minimum atomic E-state index is -0.109. The van der Waals surface area contributed by atoms with Crippen LogP contribution in [0, 0.1) is 0 Å². The summed E-state index contributed by atoms with van der Waals surface area (Å²) in [5.41, 5.74) is 5.23. The van der Waals surface area contributed by atoms with E-state index >= 15 is 0 Å². The molecular weight excluding hydrogens is 196 g/mol. The zero-order chi connectivity index (χ0) is 11.3. The van der Waals surface area contributed by atoms with E-state index in [2.05, 4.69) is 15.5 Å². The molecule has 0 bridgehead atoms. The van der Waals surface area contributed by atoms with Gasteiger partial charge in [0, 0.05) is 18.9 Å². The standard InChI is InChI=1S/C9H16N4O2/c1-6(2)9-12-8(15-13-9)5-11-7(14)3-4-10/h6H,3-5,10H2,1-2H3,(H,11,14). The van der Waals surface area contributed by atoms with Crippen molar-refractivity contribution in [2.45, 2.75) is 32.7 Å². The van der Waals surface area contributed by atoms with Crippen LogP contribution in [0.25, 0.3) is 0 Å². The number of carbonyl (C=O) groups excluding carboxylic acids is 1. The molecule has 0 saturated heterocycles. The SMILES string of the molecule is CC(C)c1noc(CNC(=O)CCN)n1. The quantitative estimate of drug-likeness (QED) is 0.725. The van der Waals surface area contributed by atoms with Crippen molar-refractivity contribution in [1.29, 1.82) is 0 Å². The molecule has 0 aliphatic rings. The fraction of sp³-hybridized carbons (Fsp3) is 0.667.